The third-order valence-corrected chi connectivity index (χ3v) is 6.71. The fourth-order valence-electron chi connectivity index (χ4n) is 5.14. The molecular formula is C22H29N3O5. The van der Waals surface area contributed by atoms with E-state index in [0.717, 1.165) is 30.7 Å². The molecule has 3 atom stereocenters. The molecule has 2 aromatic rings. The number of rotatable bonds is 5. The number of hydroxylamine groups is 2. The van der Waals surface area contributed by atoms with E-state index >= 15 is 0 Å². The maximum absolute atomic E-state index is 12.4. The Morgan fingerprint density at radius 2 is 1.87 bits per heavy atom. The summed E-state index contributed by atoms with van der Waals surface area (Å²) in [4.78, 5) is 36.3. The van der Waals surface area contributed by atoms with Crippen LogP contribution in [0.3, 0.4) is 0 Å². The van der Waals surface area contributed by atoms with Gasteiger partial charge in [-0.2, -0.15) is 5.06 Å². The van der Waals surface area contributed by atoms with Gasteiger partial charge in [0.05, 0.1) is 33.4 Å². The maximum atomic E-state index is 12.4. The van der Waals surface area contributed by atoms with Crippen molar-refractivity contribution in [3.8, 4) is 0 Å². The molecule has 0 spiro atoms. The third kappa shape index (κ3) is 3.38. The van der Waals surface area contributed by atoms with Crippen LogP contribution in [0.2, 0.25) is 0 Å². The van der Waals surface area contributed by atoms with Gasteiger partial charge in [0.2, 0.25) is 0 Å². The number of benzene rings is 1. The molecule has 162 valence electrons. The fraction of sp³-hybridized carbons (Fsp3) is 0.545. The van der Waals surface area contributed by atoms with Crippen molar-refractivity contribution in [1.82, 2.24) is 14.9 Å². The number of piperidine rings is 1. The molecule has 30 heavy (non-hydrogen) atoms. The molecule has 1 aromatic heterocycles. The molecule has 2 aliphatic rings. The van der Waals surface area contributed by atoms with Crippen LogP contribution in [0.5, 0.6) is 0 Å². The van der Waals surface area contributed by atoms with Crippen LogP contribution in [-0.2, 0) is 23.9 Å². The number of para-hydroxylation sites is 1. The second-order valence-electron chi connectivity index (χ2n) is 8.06. The normalized spacial score (nSPS) is 24.0. The van der Waals surface area contributed by atoms with E-state index in [9.17, 15) is 9.59 Å². The molecule has 0 bridgehead atoms. The van der Waals surface area contributed by atoms with Gasteiger partial charge in [0.25, 0.3) is 0 Å². The lowest BCUT2D eigenvalue weighted by Crippen LogP contribution is -2.48. The van der Waals surface area contributed by atoms with Gasteiger partial charge in [0.15, 0.2) is 5.92 Å². The number of fused-ring (bicyclic) bond motifs is 5. The molecule has 1 fully saturated rings. The highest BCUT2D eigenvalue weighted by atomic mass is 16.7. The zero-order valence-corrected chi connectivity index (χ0v) is 17.9. The molecule has 0 unspecified atom stereocenters. The van der Waals surface area contributed by atoms with Crippen LogP contribution >= 0.6 is 0 Å². The summed E-state index contributed by atoms with van der Waals surface area (Å²) in [5.41, 5.74) is 3.44. The quantitative estimate of drug-likeness (QED) is 0.456. The number of likely N-dealkylation sites (N-methyl/N-ethyl adjacent to an activating group) is 1. The number of carbonyl (C=O) groups is 2. The van der Waals surface area contributed by atoms with Gasteiger partial charge in [-0.15, -0.1) is 0 Å². The predicted octanol–water partition coefficient (Wildman–Crippen LogP) is 2.43. The van der Waals surface area contributed by atoms with Crippen LogP contribution in [-0.4, -0.2) is 68.4 Å². The molecule has 1 aromatic carbocycles. The molecular weight excluding hydrogens is 386 g/mol. The van der Waals surface area contributed by atoms with Crippen LogP contribution in [0, 0.1) is 11.8 Å². The number of nitrogens with zero attached hydrogens (tertiary/aromatic N) is 2. The van der Waals surface area contributed by atoms with Gasteiger partial charge in [-0.25, -0.2) is 0 Å². The van der Waals surface area contributed by atoms with Gasteiger partial charge < -0.3 is 19.3 Å². The van der Waals surface area contributed by atoms with E-state index < -0.39 is 17.9 Å². The number of nitrogens with one attached hydrogen (secondary N) is 1. The van der Waals surface area contributed by atoms with Crippen molar-refractivity contribution in [2.75, 3.05) is 41.5 Å². The van der Waals surface area contributed by atoms with Crippen molar-refractivity contribution in [3.63, 3.8) is 0 Å². The first-order valence-corrected chi connectivity index (χ1v) is 10.3. The summed E-state index contributed by atoms with van der Waals surface area (Å²) in [6.07, 6.45) is 1.41. The fourth-order valence-corrected chi connectivity index (χ4v) is 5.14. The van der Waals surface area contributed by atoms with Crippen molar-refractivity contribution in [3.05, 3.63) is 35.5 Å². The first-order valence-electron chi connectivity index (χ1n) is 10.3. The van der Waals surface area contributed by atoms with Crippen LogP contribution in [0.25, 0.3) is 10.9 Å². The summed E-state index contributed by atoms with van der Waals surface area (Å²) in [5.74, 6) is -2.08. The lowest BCUT2D eigenvalue weighted by molar-refractivity contribution is -0.165. The summed E-state index contributed by atoms with van der Waals surface area (Å²) < 4.78 is 9.84. The highest BCUT2D eigenvalue weighted by Crippen LogP contribution is 2.47. The van der Waals surface area contributed by atoms with Crippen molar-refractivity contribution in [2.24, 2.45) is 11.8 Å². The lowest BCUT2D eigenvalue weighted by atomic mass is 9.77. The second kappa shape index (κ2) is 8.37. The molecule has 1 N–H and O–H groups in total. The Bertz CT molecular complexity index is 926. The van der Waals surface area contributed by atoms with E-state index in [4.69, 9.17) is 14.3 Å². The second-order valence-corrected chi connectivity index (χ2v) is 8.06. The summed E-state index contributed by atoms with van der Waals surface area (Å²) in [5, 5.41) is 3.08. The van der Waals surface area contributed by atoms with Crippen LogP contribution in [0.1, 0.15) is 36.2 Å². The van der Waals surface area contributed by atoms with E-state index in [0.29, 0.717) is 6.42 Å². The molecule has 1 saturated heterocycles. The van der Waals surface area contributed by atoms with Crippen molar-refractivity contribution >= 4 is 22.8 Å². The van der Waals surface area contributed by atoms with Crippen LogP contribution < -0.4 is 0 Å². The van der Waals surface area contributed by atoms with E-state index in [-0.39, 0.29) is 18.0 Å². The third-order valence-electron chi connectivity index (χ3n) is 6.71. The average molecular weight is 415 g/mol. The molecule has 3 heterocycles. The highest BCUT2D eigenvalue weighted by Gasteiger charge is 2.46. The summed E-state index contributed by atoms with van der Waals surface area (Å²) in [6, 6.07) is 8.44. The Labute approximate surface area is 176 Å². The predicted molar refractivity (Wildman–Crippen MR) is 110 cm³/mol. The largest absolute Gasteiger partial charge is 0.468 e. The smallest absolute Gasteiger partial charge is 0.320 e. The minimum absolute atomic E-state index is 0.0875. The Kier molecular flexibility index (Phi) is 5.81. The highest BCUT2D eigenvalue weighted by molar-refractivity contribution is 5.95. The minimum atomic E-state index is -0.894. The van der Waals surface area contributed by atoms with Crippen molar-refractivity contribution < 1.29 is 23.9 Å². The Morgan fingerprint density at radius 1 is 1.17 bits per heavy atom. The average Bonchev–Trinajstić information content (AvgIpc) is 3.17. The van der Waals surface area contributed by atoms with Gasteiger partial charge >= 0.3 is 11.9 Å². The molecule has 4 rings (SSSR count). The Balaban J connectivity index is 1.74. The Hall–Kier alpha value is -2.42. The van der Waals surface area contributed by atoms with Crippen molar-refractivity contribution in [2.45, 2.75) is 24.9 Å². The standard InChI is InChI=1S/C22H29N3O5/c1-24(30-4)17-12-25-10-9-13(18(21(26)28-2)22(27)29-3)11-16(25)20-19(17)14-7-5-6-8-15(14)23-20/h5-8,13,16-18,23H,9-12H2,1-4H3/t13-,16+,17-/m1/s1. The van der Waals surface area contributed by atoms with Crippen molar-refractivity contribution in [1.29, 1.82) is 0 Å². The maximum Gasteiger partial charge on any atom is 0.320 e. The van der Waals surface area contributed by atoms with Gasteiger partial charge in [0.1, 0.15) is 0 Å². The number of aromatic amines is 1. The van der Waals surface area contributed by atoms with Crippen LogP contribution in [0.15, 0.2) is 24.3 Å². The molecule has 2 aliphatic heterocycles. The van der Waals surface area contributed by atoms with E-state index in [1.807, 2.05) is 24.2 Å². The van der Waals surface area contributed by atoms with Gasteiger partial charge in [-0.1, -0.05) is 18.2 Å². The first-order chi connectivity index (χ1) is 14.5. The number of methoxy groups -OCH3 is 2. The first kappa shape index (κ1) is 20.8. The topological polar surface area (TPSA) is 84.1 Å². The van der Waals surface area contributed by atoms with Gasteiger partial charge in [0, 0.05) is 35.8 Å². The van der Waals surface area contributed by atoms with Gasteiger partial charge in [-0.3, -0.25) is 14.5 Å². The zero-order valence-electron chi connectivity index (χ0n) is 17.9. The molecule has 0 radical (unpaired) electrons. The number of hydrogen-bond acceptors (Lipinski definition) is 7. The SMILES string of the molecule is COC(=O)C(C(=O)OC)[C@@H]1CCN2C[C@@H](N(C)OC)c3c([nH]c4ccccc34)[C@@H]2C1. The number of hydrogen-bond donors (Lipinski definition) is 1. The Morgan fingerprint density at radius 3 is 2.53 bits per heavy atom. The molecule has 8 heteroatoms. The van der Waals surface area contributed by atoms with E-state index in [1.54, 1.807) is 7.11 Å². The van der Waals surface area contributed by atoms with E-state index in [1.165, 1.54) is 25.2 Å². The molecule has 0 aliphatic carbocycles. The number of ether oxygens (including phenoxy) is 2. The van der Waals surface area contributed by atoms with Crippen LogP contribution in [0.4, 0.5) is 0 Å². The zero-order chi connectivity index (χ0) is 21.4. The monoisotopic (exact) mass is 415 g/mol. The number of aromatic nitrogens is 1. The number of esters is 2. The number of H-pyrrole nitrogens is 1. The number of carbonyl (C=O) groups excluding carboxylic acids is 2. The lowest BCUT2D eigenvalue weighted by Gasteiger charge is -2.46. The molecule has 8 nitrogen and oxygen atoms in total. The summed E-state index contributed by atoms with van der Waals surface area (Å²) in [6.45, 7) is 1.60. The summed E-state index contributed by atoms with van der Waals surface area (Å²) >= 11 is 0. The molecule has 0 saturated carbocycles. The minimum Gasteiger partial charge on any atom is -0.468 e. The van der Waals surface area contributed by atoms with E-state index in [2.05, 4.69) is 22.0 Å². The summed E-state index contributed by atoms with van der Waals surface area (Å²) in [7, 11) is 6.27. The van der Waals surface area contributed by atoms with Gasteiger partial charge in [-0.05, 0) is 31.4 Å². The molecule has 0 amide bonds.